The van der Waals surface area contributed by atoms with Gasteiger partial charge in [0.25, 0.3) is 0 Å². The first-order valence-electron chi connectivity index (χ1n) is 7.46. The van der Waals surface area contributed by atoms with Gasteiger partial charge in [0.15, 0.2) is 5.65 Å². The maximum absolute atomic E-state index is 12.8. The van der Waals surface area contributed by atoms with Crippen molar-refractivity contribution in [2.75, 3.05) is 0 Å². The molecule has 0 saturated heterocycles. The standard InChI is InChI=1S/C18H14F3N3/c1-11-3-8-16-14(9-11)15-10-23(2)22-17(15)24(16)13-6-4-12(5-7-13)18(19,20)21/h3-10H,1-2H3. The van der Waals surface area contributed by atoms with Crippen molar-refractivity contribution in [2.24, 2.45) is 7.05 Å². The van der Waals surface area contributed by atoms with Crippen LogP contribution in [0.1, 0.15) is 11.1 Å². The Morgan fingerprint density at radius 2 is 1.67 bits per heavy atom. The average molecular weight is 329 g/mol. The van der Waals surface area contributed by atoms with E-state index in [0.717, 1.165) is 39.6 Å². The Balaban J connectivity index is 2.01. The van der Waals surface area contributed by atoms with Crippen molar-refractivity contribution in [2.45, 2.75) is 13.1 Å². The normalized spacial score (nSPS) is 12.4. The lowest BCUT2D eigenvalue weighted by molar-refractivity contribution is -0.137. The number of rotatable bonds is 1. The van der Waals surface area contributed by atoms with Gasteiger partial charge < -0.3 is 0 Å². The van der Waals surface area contributed by atoms with E-state index in [1.807, 2.05) is 36.9 Å². The molecule has 4 aromatic rings. The highest BCUT2D eigenvalue weighted by atomic mass is 19.4. The van der Waals surface area contributed by atoms with Crippen molar-refractivity contribution in [1.82, 2.24) is 14.3 Å². The Morgan fingerprint density at radius 3 is 2.33 bits per heavy atom. The fourth-order valence-corrected chi connectivity index (χ4v) is 3.07. The Kier molecular flexibility index (Phi) is 3.00. The Labute approximate surface area is 135 Å². The van der Waals surface area contributed by atoms with Crippen LogP contribution in [0.3, 0.4) is 0 Å². The molecule has 4 rings (SSSR count). The molecular weight excluding hydrogens is 315 g/mol. The first-order chi connectivity index (χ1) is 11.3. The van der Waals surface area contributed by atoms with E-state index in [1.54, 1.807) is 4.68 Å². The quantitative estimate of drug-likeness (QED) is 0.490. The molecule has 122 valence electrons. The number of benzene rings is 2. The third kappa shape index (κ3) is 2.18. The smallest absolute Gasteiger partial charge is 0.292 e. The van der Waals surface area contributed by atoms with E-state index in [1.165, 1.54) is 12.1 Å². The highest BCUT2D eigenvalue weighted by Crippen LogP contribution is 2.33. The average Bonchev–Trinajstić information content (AvgIpc) is 3.02. The Hall–Kier alpha value is -2.76. The molecule has 0 N–H and O–H groups in total. The third-order valence-electron chi connectivity index (χ3n) is 4.16. The van der Waals surface area contributed by atoms with E-state index >= 15 is 0 Å². The molecule has 0 atom stereocenters. The monoisotopic (exact) mass is 329 g/mol. The van der Waals surface area contributed by atoms with E-state index < -0.39 is 11.7 Å². The molecule has 2 aromatic carbocycles. The van der Waals surface area contributed by atoms with Gasteiger partial charge in [0.1, 0.15) is 0 Å². The van der Waals surface area contributed by atoms with Gasteiger partial charge in [-0.15, -0.1) is 0 Å². The van der Waals surface area contributed by atoms with Gasteiger partial charge >= 0.3 is 6.18 Å². The number of nitrogens with zero attached hydrogens (tertiary/aromatic N) is 3. The van der Waals surface area contributed by atoms with Crippen LogP contribution >= 0.6 is 0 Å². The molecule has 0 saturated carbocycles. The second-order valence-corrected chi connectivity index (χ2v) is 5.94. The van der Waals surface area contributed by atoms with Crippen LogP contribution in [0, 0.1) is 6.92 Å². The lowest BCUT2D eigenvalue weighted by Gasteiger charge is -2.10. The van der Waals surface area contributed by atoms with Gasteiger partial charge in [-0.2, -0.15) is 18.3 Å². The molecule has 3 nitrogen and oxygen atoms in total. The zero-order chi connectivity index (χ0) is 17.1. The molecule has 0 aliphatic carbocycles. The van der Waals surface area contributed by atoms with Crippen molar-refractivity contribution in [3.63, 3.8) is 0 Å². The van der Waals surface area contributed by atoms with Crippen molar-refractivity contribution in [3.05, 3.63) is 59.8 Å². The summed E-state index contributed by atoms with van der Waals surface area (Å²) in [6, 6.07) is 11.2. The maximum atomic E-state index is 12.8. The van der Waals surface area contributed by atoms with Gasteiger partial charge in [-0.3, -0.25) is 9.25 Å². The molecule has 0 amide bonds. The lowest BCUT2D eigenvalue weighted by Crippen LogP contribution is -2.05. The van der Waals surface area contributed by atoms with Crippen LogP contribution in [0.25, 0.3) is 27.6 Å². The van der Waals surface area contributed by atoms with E-state index in [9.17, 15) is 13.2 Å². The summed E-state index contributed by atoms with van der Waals surface area (Å²) in [6.07, 6.45) is -2.41. The minimum absolute atomic E-state index is 0.657. The van der Waals surface area contributed by atoms with Crippen molar-refractivity contribution < 1.29 is 13.2 Å². The van der Waals surface area contributed by atoms with Crippen LogP contribution in [0.4, 0.5) is 13.2 Å². The second kappa shape index (κ2) is 4.87. The van der Waals surface area contributed by atoms with Crippen LogP contribution in [-0.4, -0.2) is 14.3 Å². The molecule has 0 aliphatic heterocycles. The fourth-order valence-electron chi connectivity index (χ4n) is 3.07. The first kappa shape index (κ1) is 14.8. The molecule has 0 aliphatic rings. The Bertz CT molecular complexity index is 1050. The number of alkyl halides is 3. The van der Waals surface area contributed by atoms with E-state index in [2.05, 4.69) is 11.2 Å². The van der Waals surface area contributed by atoms with Crippen molar-refractivity contribution in [3.8, 4) is 5.69 Å². The van der Waals surface area contributed by atoms with Gasteiger partial charge in [-0.05, 0) is 43.3 Å². The highest BCUT2D eigenvalue weighted by molar-refractivity contribution is 6.08. The molecule has 0 radical (unpaired) electrons. The highest BCUT2D eigenvalue weighted by Gasteiger charge is 2.30. The Morgan fingerprint density at radius 1 is 0.958 bits per heavy atom. The fraction of sp³-hybridized carbons (Fsp3) is 0.167. The largest absolute Gasteiger partial charge is 0.416 e. The predicted octanol–water partition coefficient (Wildman–Crippen LogP) is 4.84. The van der Waals surface area contributed by atoms with Gasteiger partial charge in [-0.1, -0.05) is 11.6 Å². The maximum Gasteiger partial charge on any atom is 0.416 e. The molecular formula is C18H14F3N3. The molecule has 0 fully saturated rings. The minimum Gasteiger partial charge on any atom is -0.292 e. The zero-order valence-corrected chi connectivity index (χ0v) is 13.1. The molecule has 0 bridgehead atoms. The van der Waals surface area contributed by atoms with E-state index in [0.29, 0.717) is 5.69 Å². The van der Waals surface area contributed by atoms with Crippen molar-refractivity contribution >= 4 is 21.9 Å². The van der Waals surface area contributed by atoms with Gasteiger partial charge in [-0.25, -0.2) is 0 Å². The summed E-state index contributed by atoms with van der Waals surface area (Å²) in [5.74, 6) is 0. The van der Waals surface area contributed by atoms with Crippen LogP contribution in [0.2, 0.25) is 0 Å². The number of aryl methyl sites for hydroxylation is 2. The molecule has 0 unspecified atom stereocenters. The van der Waals surface area contributed by atoms with Crippen molar-refractivity contribution in [1.29, 1.82) is 0 Å². The summed E-state index contributed by atoms with van der Waals surface area (Å²) in [7, 11) is 1.83. The number of hydrogen-bond acceptors (Lipinski definition) is 1. The number of fused-ring (bicyclic) bond motifs is 3. The summed E-state index contributed by atoms with van der Waals surface area (Å²) in [5.41, 5.74) is 2.79. The zero-order valence-electron chi connectivity index (χ0n) is 13.1. The number of halogens is 3. The summed E-state index contributed by atoms with van der Waals surface area (Å²) in [5, 5.41) is 6.51. The van der Waals surface area contributed by atoms with Gasteiger partial charge in [0.2, 0.25) is 0 Å². The van der Waals surface area contributed by atoms with Crippen LogP contribution in [-0.2, 0) is 13.2 Å². The van der Waals surface area contributed by atoms with Gasteiger partial charge in [0, 0.05) is 29.7 Å². The van der Waals surface area contributed by atoms with E-state index in [-0.39, 0.29) is 0 Å². The predicted molar refractivity (Wildman–Crippen MR) is 87.3 cm³/mol. The molecule has 2 heterocycles. The minimum atomic E-state index is -4.34. The molecule has 24 heavy (non-hydrogen) atoms. The third-order valence-corrected chi connectivity index (χ3v) is 4.16. The topological polar surface area (TPSA) is 22.8 Å². The number of hydrogen-bond donors (Lipinski definition) is 0. The van der Waals surface area contributed by atoms with Crippen LogP contribution in [0.5, 0.6) is 0 Å². The SMILES string of the molecule is Cc1ccc2c(c1)c1cn(C)nc1n2-c1ccc(C(F)(F)F)cc1. The second-order valence-electron chi connectivity index (χ2n) is 5.94. The number of aromatic nitrogens is 3. The summed E-state index contributed by atoms with van der Waals surface area (Å²) in [6.45, 7) is 2.01. The lowest BCUT2D eigenvalue weighted by atomic mass is 10.1. The summed E-state index contributed by atoms with van der Waals surface area (Å²) in [4.78, 5) is 0. The summed E-state index contributed by atoms with van der Waals surface area (Å²) >= 11 is 0. The molecule has 6 heteroatoms. The van der Waals surface area contributed by atoms with Gasteiger partial charge in [0.05, 0.1) is 11.1 Å². The molecule has 2 aromatic heterocycles. The van der Waals surface area contributed by atoms with Crippen LogP contribution in [0.15, 0.2) is 48.7 Å². The first-order valence-corrected chi connectivity index (χ1v) is 7.46. The van der Waals surface area contributed by atoms with Crippen LogP contribution < -0.4 is 0 Å². The summed E-state index contributed by atoms with van der Waals surface area (Å²) < 4.78 is 42.0. The van der Waals surface area contributed by atoms with E-state index in [4.69, 9.17) is 0 Å². The molecule has 0 spiro atoms.